The van der Waals surface area contributed by atoms with Crippen molar-refractivity contribution in [1.29, 1.82) is 0 Å². The molecule has 2 amide bonds. The Balaban J connectivity index is 1.48. The number of carbonyl (C=O) groups excluding carboxylic acids is 3. The quantitative estimate of drug-likeness (QED) is 0.198. The van der Waals surface area contributed by atoms with Crippen molar-refractivity contribution in [3.8, 4) is 17.2 Å². The van der Waals surface area contributed by atoms with Gasteiger partial charge in [0, 0.05) is 10.0 Å². The summed E-state index contributed by atoms with van der Waals surface area (Å²) in [6.45, 7) is 0.297. The molecular formula is C26H20BrNO6S. The topological polar surface area (TPSA) is 82.1 Å². The third-order valence-electron chi connectivity index (χ3n) is 4.99. The first kappa shape index (κ1) is 24.6. The number of esters is 1. The minimum absolute atomic E-state index is 0.120. The number of methoxy groups -OCH3 is 1. The summed E-state index contributed by atoms with van der Waals surface area (Å²) >= 11 is 4.23. The molecule has 0 atom stereocenters. The monoisotopic (exact) mass is 553 g/mol. The maximum Gasteiger partial charge on any atom is 0.343 e. The molecule has 0 aromatic heterocycles. The van der Waals surface area contributed by atoms with Crippen molar-refractivity contribution >= 4 is 50.9 Å². The van der Waals surface area contributed by atoms with Crippen LogP contribution in [0.25, 0.3) is 6.08 Å². The number of thioether (sulfide) groups is 1. The average Bonchev–Trinajstić information content (AvgIpc) is 3.13. The van der Waals surface area contributed by atoms with Crippen LogP contribution >= 0.6 is 27.7 Å². The Morgan fingerprint density at radius 2 is 1.74 bits per heavy atom. The van der Waals surface area contributed by atoms with Gasteiger partial charge in [-0.3, -0.25) is 14.5 Å². The molecule has 3 aromatic rings. The molecular weight excluding hydrogens is 534 g/mol. The van der Waals surface area contributed by atoms with Crippen molar-refractivity contribution in [3.63, 3.8) is 0 Å². The summed E-state index contributed by atoms with van der Waals surface area (Å²) in [7, 11) is 1.54. The molecule has 1 saturated heterocycles. The number of nitrogens with zero attached hydrogens (tertiary/aromatic N) is 1. The van der Waals surface area contributed by atoms with Crippen LogP contribution in [0.4, 0.5) is 4.79 Å². The van der Waals surface area contributed by atoms with Gasteiger partial charge in [-0.25, -0.2) is 4.79 Å². The molecule has 35 heavy (non-hydrogen) atoms. The first-order chi connectivity index (χ1) is 16.9. The van der Waals surface area contributed by atoms with Crippen LogP contribution in [0.1, 0.15) is 15.9 Å². The molecule has 1 aliphatic heterocycles. The Morgan fingerprint density at radius 1 is 1.00 bits per heavy atom. The van der Waals surface area contributed by atoms with Gasteiger partial charge in [0.05, 0.1) is 24.1 Å². The number of ether oxygens (including phenoxy) is 3. The normalized spacial score (nSPS) is 14.3. The van der Waals surface area contributed by atoms with E-state index in [2.05, 4.69) is 15.9 Å². The van der Waals surface area contributed by atoms with Crippen molar-refractivity contribution in [1.82, 2.24) is 4.90 Å². The second-order valence-corrected chi connectivity index (χ2v) is 9.20. The van der Waals surface area contributed by atoms with Crippen molar-refractivity contribution < 1.29 is 28.6 Å². The third kappa shape index (κ3) is 6.12. The van der Waals surface area contributed by atoms with Crippen LogP contribution in [0.2, 0.25) is 0 Å². The zero-order chi connectivity index (χ0) is 24.8. The SMILES string of the molecule is COc1ccc(C(=O)Oc2ccc(Br)cc2/C=C2\SC(=O)N(CCOc3ccccc3)C2=O)cc1. The molecule has 178 valence electrons. The summed E-state index contributed by atoms with van der Waals surface area (Å²) in [6.07, 6.45) is 1.55. The van der Waals surface area contributed by atoms with Gasteiger partial charge in [0.25, 0.3) is 11.1 Å². The molecule has 9 heteroatoms. The van der Waals surface area contributed by atoms with Crippen LogP contribution in [-0.2, 0) is 4.79 Å². The number of halogens is 1. The fraction of sp³-hybridized carbons (Fsp3) is 0.115. The highest BCUT2D eigenvalue weighted by Gasteiger charge is 2.35. The maximum absolute atomic E-state index is 12.9. The molecule has 1 fully saturated rings. The van der Waals surface area contributed by atoms with E-state index in [1.165, 1.54) is 0 Å². The summed E-state index contributed by atoms with van der Waals surface area (Å²) < 4.78 is 17.0. The summed E-state index contributed by atoms with van der Waals surface area (Å²) in [5.41, 5.74) is 0.825. The number of carbonyl (C=O) groups is 3. The van der Waals surface area contributed by atoms with E-state index in [1.807, 2.05) is 18.2 Å². The lowest BCUT2D eigenvalue weighted by Gasteiger charge is -2.13. The minimum Gasteiger partial charge on any atom is -0.497 e. The van der Waals surface area contributed by atoms with Gasteiger partial charge in [-0.15, -0.1) is 0 Å². The molecule has 4 rings (SSSR count). The van der Waals surface area contributed by atoms with Crippen LogP contribution < -0.4 is 14.2 Å². The van der Waals surface area contributed by atoms with E-state index in [1.54, 1.807) is 67.8 Å². The minimum atomic E-state index is -0.559. The van der Waals surface area contributed by atoms with Crippen molar-refractivity contribution in [3.05, 3.63) is 93.3 Å². The predicted molar refractivity (Wildman–Crippen MR) is 137 cm³/mol. The molecule has 3 aromatic carbocycles. The molecule has 1 aliphatic rings. The van der Waals surface area contributed by atoms with E-state index in [4.69, 9.17) is 14.2 Å². The van der Waals surface area contributed by atoms with Gasteiger partial charge in [0.15, 0.2) is 0 Å². The highest BCUT2D eigenvalue weighted by molar-refractivity contribution is 9.10. The average molecular weight is 554 g/mol. The van der Waals surface area contributed by atoms with Gasteiger partial charge in [-0.05, 0) is 72.4 Å². The van der Waals surface area contributed by atoms with Gasteiger partial charge in [0.1, 0.15) is 23.9 Å². The van der Waals surface area contributed by atoms with Crippen LogP contribution in [0, 0.1) is 0 Å². The lowest BCUT2D eigenvalue weighted by Crippen LogP contribution is -2.32. The summed E-state index contributed by atoms with van der Waals surface area (Å²) in [6, 6.07) is 20.7. The second-order valence-electron chi connectivity index (χ2n) is 7.30. The number of hydrogen-bond acceptors (Lipinski definition) is 7. The van der Waals surface area contributed by atoms with E-state index in [0.717, 1.165) is 21.1 Å². The number of para-hydroxylation sites is 1. The Hall–Kier alpha value is -3.56. The number of amides is 2. The standard InChI is InChI=1S/C26H20BrNO6S/c1-32-20-10-7-17(8-11-20)25(30)34-22-12-9-19(27)15-18(22)16-23-24(29)28(26(31)35-23)13-14-33-21-5-3-2-4-6-21/h2-12,15-16H,13-14H2,1H3/b23-16-. The van der Waals surface area contributed by atoms with Crippen LogP contribution in [0.5, 0.6) is 17.2 Å². The molecule has 0 radical (unpaired) electrons. The molecule has 0 unspecified atom stereocenters. The van der Waals surface area contributed by atoms with Crippen molar-refractivity contribution in [2.24, 2.45) is 0 Å². The predicted octanol–water partition coefficient (Wildman–Crippen LogP) is 5.79. The molecule has 0 N–H and O–H groups in total. The Bertz CT molecular complexity index is 1280. The molecule has 7 nitrogen and oxygen atoms in total. The van der Waals surface area contributed by atoms with E-state index >= 15 is 0 Å². The van der Waals surface area contributed by atoms with Crippen LogP contribution in [0.15, 0.2) is 82.2 Å². The number of rotatable bonds is 8. The first-order valence-corrected chi connectivity index (χ1v) is 12.1. The molecule has 0 spiro atoms. The Kier molecular flexibility index (Phi) is 7.89. The van der Waals surface area contributed by atoms with Gasteiger partial charge in [-0.1, -0.05) is 34.1 Å². The zero-order valence-electron chi connectivity index (χ0n) is 18.6. The summed E-state index contributed by atoms with van der Waals surface area (Å²) in [4.78, 5) is 39.4. The van der Waals surface area contributed by atoms with Gasteiger partial charge >= 0.3 is 5.97 Å². The fourth-order valence-corrected chi connectivity index (χ4v) is 4.45. The highest BCUT2D eigenvalue weighted by atomic mass is 79.9. The first-order valence-electron chi connectivity index (χ1n) is 10.5. The number of benzene rings is 3. The fourth-order valence-electron chi connectivity index (χ4n) is 3.22. The summed E-state index contributed by atoms with van der Waals surface area (Å²) in [5, 5.41) is -0.385. The smallest absolute Gasteiger partial charge is 0.343 e. The van der Waals surface area contributed by atoms with E-state index in [0.29, 0.717) is 22.6 Å². The van der Waals surface area contributed by atoms with Crippen molar-refractivity contribution in [2.75, 3.05) is 20.3 Å². The van der Waals surface area contributed by atoms with E-state index in [-0.39, 0.29) is 29.0 Å². The van der Waals surface area contributed by atoms with Crippen molar-refractivity contribution in [2.45, 2.75) is 0 Å². The molecule has 0 aliphatic carbocycles. The number of hydrogen-bond donors (Lipinski definition) is 0. The van der Waals surface area contributed by atoms with Crippen LogP contribution in [0.3, 0.4) is 0 Å². The van der Waals surface area contributed by atoms with Gasteiger partial charge in [0.2, 0.25) is 0 Å². The maximum atomic E-state index is 12.9. The van der Waals surface area contributed by atoms with E-state index < -0.39 is 11.9 Å². The molecule has 0 saturated carbocycles. The second kappa shape index (κ2) is 11.2. The van der Waals surface area contributed by atoms with E-state index in [9.17, 15) is 14.4 Å². The lowest BCUT2D eigenvalue weighted by atomic mass is 10.1. The molecule has 1 heterocycles. The van der Waals surface area contributed by atoms with Crippen LogP contribution in [-0.4, -0.2) is 42.3 Å². The zero-order valence-corrected chi connectivity index (χ0v) is 21.0. The Labute approximate surface area is 214 Å². The largest absolute Gasteiger partial charge is 0.497 e. The lowest BCUT2D eigenvalue weighted by molar-refractivity contribution is -0.123. The van der Waals surface area contributed by atoms with Gasteiger partial charge in [-0.2, -0.15) is 0 Å². The Morgan fingerprint density at radius 3 is 2.46 bits per heavy atom. The third-order valence-corrected chi connectivity index (χ3v) is 6.39. The highest BCUT2D eigenvalue weighted by Crippen LogP contribution is 2.35. The molecule has 0 bridgehead atoms. The summed E-state index contributed by atoms with van der Waals surface area (Å²) in [5.74, 6) is 0.552. The van der Waals surface area contributed by atoms with Gasteiger partial charge < -0.3 is 14.2 Å². The number of imide groups is 1.